The van der Waals surface area contributed by atoms with Gasteiger partial charge in [0.15, 0.2) is 5.82 Å². The predicted octanol–water partition coefficient (Wildman–Crippen LogP) is 2.49. The molecule has 1 N–H and O–H groups in total. The quantitative estimate of drug-likeness (QED) is 0.943. The first-order chi connectivity index (χ1) is 8.94. The topological polar surface area (TPSA) is 64.0 Å². The van der Waals surface area contributed by atoms with Crippen LogP contribution in [0, 0.1) is 0 Å². The minimum absolute atomic E-state index is 0.281. The third-order valence-corrected chi connectivity index (χ3v) is 3.51. The summed E-state index contributed by atoms with van der Waals surface area (Å²) in [5.74, 6) is 0.281. The van der Waals surface area contributed by atoms with Gasteiger partial charge in [0.2, 0.25) is 0 Å². The fourth-order valence-electron chi connectivity index (χ4n) is 1.39. The summed E-state index contributed by atoms with van der Waals surface area (Å²) in [6, 6.07) is 8.43. The minimum atomic E-state index is -3.57. The smallest absolute Gasteiger partial charge is 0.256 e. The Balaban J connectivity index is 2.10. The number of halogens is 1. The number of sulfonamides is 1. The molecule has 5 nitrogen and oxygen atoms in total. The number of nitrogens with one attached hydrogen (secondary N) is 1. The summed E-state index contributed by atoms with van der Waals surface area (Å²) in [7, 11) is -1.86. The third kappa shape index (κ3) is 4.11. The molecule has 0 saturated carbocycles. The van der Waals surface area contributed by atoms with Gasteiger partial charge in [-0.2, -0.15) is 5.10 Å². The van der Waals surface area contributed by atoms with E-state index < -0.39 is 10.0 Å². The highest BCUT2D eigenvalue weighted by atomic mass is 35.5. The third-order valence-electron chi connectivity index (χ3n) is 2.27. The Morgan fingerprint density at radius 2 is 1.95 bits per heavy atom. The molecule has 0 spiro atoms. The van der Waals surface area contributed by atoms with E-state index in [1.54, 1.807) is 43.6 Å². The number of hydrogen-bond donors (Lipinski definition) is 1. The second-order valence-corrected chi connectivity index (χ2v) is 5.88. The summed E-state index contributed by atoms with van der Waals surface area (Å²) in [4.78, 5) is 0. The lowest BCUT2D eigenvalue weighted by Gasteiger charge is -2.00. The van der Waals surface area contributed by atoms with Crippen molar-refractivity contribution in [3.8, 4) is 0 Å². The molecule has 0 bridgehead atoms. The number of nitrogens with zero attached hydrogens (tertiary/aromatic N) is 2. The summed E-state index contributed by atoms with van der Waals surface area (Å²) in [6.07, 6.45) is 3.14. The molecular weight excluding hydrogens is 286 g/mol. The van der Waals surface area contributed by atoms with E-state index in [1.165, 1.54) is 10.8 Å². The number of rotatable bonds is 4. The van der Waals surface area contributed by atoms with Gasteiger partial charge in [-0.1, -0.05) is 23.7 Å². The summed E-state index contributed by atoms with van der Waals surface area (Å²) in [5.41, 5.74) is 0.746. The molecular formula is C12H12ClN3O2S. The fourth-order valence-corrected chi connectivity index (χ4v) is 2.32. The second-order valence-electron chi connectivity index (χ2n) is 3.88. The van der Waals surface area contributed by atoms with Crippen LogP contribution >= 0.6 is 11.6 Å². The summed E-state index contributed by atoms with van der Waals surface area (Å²) < 4.78 is 27.4. The Bertz CT molecular complexity index is 690. The Hall–Kier alpha value is -1.79. The Morgan fingerprint density at radius 3 is 2.53 bits per heavy atom. The SMILES string of the molecule is Cn1ccc(NS(=O)(=O)/C=C/c2ccc(Cl)cc2)n1. The zero-order valence-electron chi connectivity index (χ0n) is 10.1. The van der Waals surface area contributed by atoms with Crippen LogP contribution in [0.2, 0.25) is 5.02 Å². The molecule has 0 aliphatic rings. The van der Waals surface area contributed by atoms with Crippen LogP contribution in [0.4, 0.5) is 5.82 Å². The van der Waals surface area contributed by atoms with Gasteiger partial charge in [-0.15, -0.1) is 0 Å². The van der Waals surface area contributed by atoms with Gasteiger partial charge >= 0.3 is 0 Å². The normalized spacial score (nSPS) is 11.9. The molecule has 0 unspecified atom stereocenters. The van der Waals surface area contributed by atoms with Gasteiger partial charge in [-0.25, -0.2) is 8.42 Å². The first kappa shape index (κ1) is 13.6. The van der Waals surface area contributed by atoms with Gasteiger partial charge in [-0.05, 0) is 23.8 Å². The van der Waals surface area contributed by atoms with Crippen LogP contribution in [-0.2, 0) is 17.1 Å². The van der Waals surface area contributed by atoms with Gasteiger partial charge < -0.3 is 0 Å². The van der Waals surface area contributed by atoms with Crippen molar-refractivity contribution in [2.45, 2.75) is 0 Å². The van der Waals surface area contributed by atoms with E-state index in [0.29, 0.717) is 5.02 Å². The average Bonchev–Trinajstić information content (AvgIpc) is 2.73. The molecule has 0 saturated heterocycles. The number of benzene rings is 1. The van der Waals surface area contributed by atoms with E-state index in [9.17, 15) is 8.42 Å². The number of hydrogen-bond acceptors (Lipinski definition) is 3. The van der Waals surface area contributed by atoms with Crippen molar-refractivity contribution in [1.29, 1.82) is 0 Å². The predicted molar refractivity (Wildman–Crippen MR) is 76.2 cm³/mol. The van der Waals surface area contributed by atoms with Crippen LogP contribution in [0.15, 0.2) is 41.9 Å². The van der Waals surface area contributed by atoms with Crippen molar-refractivity contribution in [2.24, 2.45) is 7.05 Å². The molecule has 1 heterocycles. The van der Waals surface area contributed by atoms with E-state index in [1.807, 2.05) is 0 Å². The van der Waals surface area contributed by atoms with Gasteiger partial charge in [0.05, 0.1) is 5.41 Å². The highest BCUT2D eigenvalue weighted by molar-refractivity contribution is 7.95. The monoisotopic (exact) mass is 297 g/mol. The Morgan fingerprint density at radius 1 is 1.26 bits per heavy atom. The van der Waals surface area contributed by atoms with E-state index in [-0.39, 0.29) is 5.82 Å². The summed E-state index contributed by atoms with van der Waals surface area (Å²) >= 11 is 5.75. The van der Waals surface area contributed by atoms with Crippen LogP contribution < -0.4 is 4.72 Å². The molecule has 0 radical (unpaired) electrons. The van der Waals surface area contributed by atoms with Gasteiger partial charge in [-0.3, -0.25) is 9.40 Å². The highest BCUT2D eigenvalue weighted by Gasteiger charge is 2.07. The minimum Gasteiger partial charge on any atom is -0.274 e. The largest absolute Gasteiger partial charge is 0.274 e. The van der Waals surface area contributed by atoms with Crippen LogP contribution in [0.1, 0.15) is 5.56 Å². The molecule has 1 aromatic heterocycles. The zero-order chi connectivity index (χ0) is 13.9. The second kappa shape index (κ2) is 5.46. The lowest BCUT2D eigenvalue weighted by atomic mass is 10.2. The van der Waals surface area contributed by atoms with Crippen molar-refractivity contribution in [1.82, 2.24) is 9.78 Å². The van der Waals surface area contributed by atoms with E-state index in [2.05, 4.69) is 9.82 Å². The maximum Gasteiger partial charge on any atom is 0.256 e. The van der Waals surface area contributed by atoms with Crippen molar-refractivity contribution >= 4 is 33.5 Å². The van der Waals surface area contributed by atoms with Crippen LogP contribution in [0.5, 0.6) is 0 Å². The van der Waals surface area contributed by atoms with E-state index in [0.717, 1.165) is 11.0 Å². The standard InChI is InChI=1S/C12H12ClN3O2S/c1-16-8-6-12(14-16)15-19(17,18)9-7-10-2-4-11(13)5-3-10/h2-9H,1H3,(H,14,15)/b9-7+. The van der Waals surface area contributed by atoms with Crippen molar-refractivity contribution in [2.75, 3.05) is 4.72 Å². The van der Waals surface area contributed by atoms with Crippen molar-refractivity contribution in [3.05, 3.63) is 52.5 Å². The van der Waals surface area contributed by atoms with E-state index in [4.69, 9.17) is 11.6 Å². The number of aromatic nitrogens is 2. The van der Waals surface area contributed by atoms with Crippen molar-refractivity contribution in [3.63, 3.8) is 0 Å². The maximum atomic E-state index is 11.8. The number of anilines is 1. The maximum absolute atomic E-state index is 11.8. The number of aryl methyl sites for hydroxylation is 1. The molecule has 2 rings (SSSR count). The van der Waals surface area contributed by atoms with Crippen LogP contribution in [-0.4, -0.2) is 18.2 Å². The Labute approximate surface area is 116 Å². The zero-order valence-corrected chi connectivity index (χ0v) is 11.7. The van der Waals surface area contributed by atoms with Crippen molar-refractivity contribution < 1.29 is 8.42 Å². The molecule has 7 heteroatoms. The first-order valence-electron chi connectivity index (χ1n) is 5.41. The summed E-state index contributed by atoms with van der Waals surface area (Å²) in [5, 5.41) is 5.63. The molecule has 0 fully saturated rings. The van der Waals surface area contributed by atoms with E-state index >= 15 is 0 Å². The molecule has 0 atom stereocenters. The van der Waals surface area contributed by atoms with Crippen LogP contribution in [0.3, 0.4) is 0 Å². The van der Waals surface area contributed by atoms with Gasteiger partial charge in [0.1, 0.15) is 0 Å². The molecule has 1 aromatic carbocycles. The molecule has 19 heavy (non-hydrogen) atoms. The molecule has 0 aliphatic heterocycles. The molecule has 2 aromatic rings. The highest BCUT2D eigenvalue weighted by Crippen LogP contribution is 2.12. The van der Waals surface area contributed by atoms with Gasteiger partial charge in [0, 0.05) is 24.3 Å². The van der Waals surface area contributed by atoms with Gasteiger partial charge in [0.25, 0.3) is 10.0 Å². The fraction of sp³-hybridized carbons (Fsp3) is 0.0833. The molecule has 100 valence electrons. The lowest BCUT2D eigenvalue weighted by molar-refractivity contribution is 0.609. The Kier molecular flexibility index (Phi) is 3.92. The molecule has 0 amide bonds. The molecule has 0 aliphatic carbocycles. The van der Waals surface area contributed by atoms with Crippen LogP contribution in [0.25, 0.3) is 6.08 Å². The first-order valence-corrected chi connectivity index (χ1v) is 7.33. The average molecular weight is 298 g/mol. The lowest BCUT2D eigenvalue weighted by Crippen LogP contribution is -2.09. The summed E-state index contributed by atoms with van der Waals surface area (Å²) in [6.45, 7) is 0.